The highest BCUT2D eigenvalue weighted by Crippen LogP contribution is 2.16. The summed E-state index contributed by atoms with van der Waals surface area (Å²) in [5, 5.41) is 13.1. The van der Waals surface area contributed by atoms with E-state index in [1.807, 2.05) is 31.2 Å². The second-order valence-corrected chi connectivity index (χ2v) is 4.38. The molecule has 19 heavy (non-hydrogen) atoms. The minimum atomic E-state index is -1.09. The van der Waals surface area contributed by atoms with Crippen LogP contribution in [0.2, 0.25) is 0 Å². The molecule has 0 saturated carbocycles. The predicted molar refractivity (Wildman–Crippen MR) is 71.0 cm³/mol. The van der Waals surface area contributed by atoms with Crippen molar-refractivity contribution in [3.8, 4) is 11.3 Å². The van der Waals surface area contributed by atoms with Crippen LogP contribution in [0.15, 0.2) is 41.2 Å². The molecule has 0 spiro atoms. The van der Waals surface area contributed by atoms with Crippen LogP contribution in [0.1, 0.15) is 18.5 Å². The lowest BCUT2D eigenvalue weighted by atomic mass is 10.1. The van der Waals surface area contributed by atoms with E-state index in [2.05, 4.69) is 5.10 Å². The van der Waals surface area contributed by atoms with Gasteiger partial charge in [0.2, 0.25) is 0 Å². The number of aryl methyl sites for hydroxylation is 1. The normalized spacial score (nSPS) is 12.1. The van der Waals surface area contributed by atoms with Crippen molar-refractivity contribution in [1.82, 2.24) is 9.78 Å². The standard InChI is InChI=1S/C14H14N2O3/c1-9-3-5-11(6-4-9)12-7-8-13(17)16(15-12)10(2)14(18)19/h3-8,10H,1-2H3,(H,18,19)/t10-/m0/s1. The van der Waals surface area contributed by atoms with Crippen molar-refractivity contribution in [3.63, 3.8) is 0 Å². The summed E-state index contributed by atoms with van der Waals surface area (Å²) < 4.78 is 0.984. The van der Waals surface area contributed by atoms with E-state index < -0.39 is 17.6 Å². The number of carboxylic acid groups (broad SMARTS) is 1. The molecule has 0 fully saturated rings. The molecule has 1 atom stereocenters. The van der Waals surface area contributed by atoms with E-state index in [9.17, 15) is 9.59 Å². The maximum absolute atomic E-state index is 11.6. The van der Waals surface area contributed by atoms with E-state index in [-0.39, 0.29) is 0 Å². The van der Waals surface area contributed by atoms with Gasteiger partial charge in [0, 0.05) is 11.6 Å². The van der Waals surface area contributed by atoms with Crippen molar-refractivity contribution in [2.75, 3.05) is 0 Å². The van der Waals surface area contributed by atoms with Gasteiger partial charge in [0.1, 0.15) is 0 Å². The highest BCUT2D eigenvalue weighted by Gasteiger charge is 2.16. The molecule has 0 saturated heterocycles. The van der Waals surface area contributed by atoms with Gasteiger partial charge in [-0.05, 0) is 19.9 Å². The van der Waals surface area contributed by atoms with Gasteiger partial charge in [-0.2, -0.15) is 5.10 Å². The Hall–Kier alpha value is -2.43. The second kappa shape index (κ2) is 5.06. The van der Waals surface area contributed by atoms with Crippen LogP contribution in [0, 0.1) is 6.92 Å². The summed E-state index contributed by atoms with van der Waals surface area (Å²) in [7, 11) is 0. The molecule has 0 aliphatic heterocycles. The van der Waals surface area contributed by atoms with E-state index in [1.165, 1.54) is 13.0 Å². The molecular weight excluding hydrogens is 244 g/mol. The van der Waals surface area contributed by atoms with Crippen molar-refractivity contribution < 1.29 is 9.90 Å². The summed E-state index contributed by atoms with van der Waals surface area (Å²) in [6.45, 7) is 3.40. The smallest absolute Gasteiger partial charge is 0.328 e. The topological polar surface area (TPSA) is 72.2 Å². The average molecular weight is 258 g/mol. The molecule has 5 nitrogen and oxygen atoms in total. The van der Waals surface area contributed by atoms with Crippen LogP contribution in [0.5, 0.6) is 0 Å². The van der Waals surface area contributed by atoms with Crippen LogP contribution in [-0.4, -0.2) is 20.9 Å². The van der Waals surface area contributed by atoms with Gasteiger partial charge in [-0.1, -0.05) is 29.8 Å². The van der Waals surface area contributed by atoms with Crippen LogP contribution in [0.25, 0.3) is 11.3 Å². The number of rotatable bonds is 3. The molecule has 0 bridgehead atoms. The number of nitrogens with zero attached hydrogens (tertiary/aromatic N) is 2. The Balaban J connectivity index is 2.49. The van der Waals surface area contributed by atoms with Gasteiger partial charge < -0.3 is 5.11 Å². The molecule has 1 N–H and O–H groups in total. The summed E-state index contributed by atoms with van der Waals surface area (Å²) in [5.74, 6) is -1.09. The minimum Gasteiger partial charge on any atom is -0.480 e. The van der Waals surface area contributed by atoms with Crippen molar-refractivity contribution in [2.45, 2.75) is 19.9 Å². The molecule has 0 aliphatic carbocycles. The zero-order chi connectivity index (χ0) is 14.0. The molecule has 2 aromatic rings. The van der Waals surface area contributed by atoms with E-state index in [1.54, 1.807) is 6.07 Å². The number of carbonyl (C=O) groups is 1. The molecule has 1 aromatic heterocycles. The largest absolute Gasteiger partial charge is 0.480 e. The quantitative estimate of drug-likeness (QED) is 0.912. The Morgan fingerprint density at radius 1 is 1.21 bits per heavy atom. The molecule has 98 valence electrons. The Bertz CT molecular complexity index is 659. The van der Waals surface area contributed by atoms with Gasteiger partial charge in [-0.15, -0.1) is 0 Å². The molecule has 0 aliphatic rings. The molecule has 0 radical (unpaired) electrons. The lowest BCUT2D eigenvalue weighted by molar-refractivity contribution is -0.140. The molecule has 0 amide bonds. The zero-order valence-corrected chi connectivity index (χ0v) is 10.7. The van der Waals surface area contributed by atoms with Crippen LogP contribution in [0.4, 0.5) is 0 Å². The monoisotopic (exact) mass is 258 g/mol. The van der Waals surface area contributed by atoms with E-state index in [0.717, 1.165) is 15.8 Å². The molecule has 1 heterocycles. The van der Waals surface area contributed by atoms with Crippen molar-refractivity contribution in [3.05, 3.63) is 52.3 Å². The van der Waals surface area contributed by atoms with Gasteiger partial charge in [-0.25, -0.2) is 9.48 Å². The fourth-order valence-corrected chi connectivity index (χ4v) is 1.69. The van der Waals surface area contributed by atoms with Gasteiger partial charge in [0.05, 0.1) is 5.69 Å². The van der Waals surface area contributed by atoms with Crippen molar-refractivity contribution in [2.24, 2.45) is 0 Å². The minimum absolute atomic E-state index is 0.425. The molecule has 5 heteroatoms. The zero-order valence-electron chi connectivity index (χ0n) is 10.7. The first kappa shape index (κ1) is 13.0. The first-order valence-electron chi connectivity index (χ1n) is 5.89. The fraction of sp³-hybridized carbons (Fsp3) is 0.214. The van der Waals surface area contributed by atoms with Gasteiger partial charge in [0.25, 0.3) is 5.56 Å². The Morgan fingerprint density at radius 3 is 2.42 bits per heavy atom. The molecule has 1 aromatic carbocycles. The third-order valence-electron chi connectivity index (χ3n) is 2.90. The highest BCUT2D eigenvalue weighted by molar-refractivity contribution is 5.71. The third-order valence-corrected chi connectivity index (χ3v) is 2.90. The first-order valence-corrected chi connectivity index (χ1v) is 5.89. The second-order valence-electron chi connectivity index (χ2n) is 4.38. The SMILES string of the molecule is Cc1ccc(-c2ccc(=O)n([C@@H](C)C(=O)O)n2)cc1. The molecule has 0 unspecified atom stereocenters. The van der Waals surface area contributed by atoms with E-state index in [4.69, 9.17) is 5.11 Å². The fourth-order valence-electron chi connectivity index (χ4n) is 1.69. The predicted octanol–water partition coefficient (Wildman–Crippen LogP) is 1.86. The molecule has 2 rings (SSSR count). The summed E-state index contributed by atoms with van der Waals surface area (Å²) in [6.07, 6.45) is 0. The summed E-state index contributed by atoms with van der Waals surface area (Å²) in [4.78, 5) is 22.6. The van der Waals surface area contributed by atoms with E-state index in [0.29, 0.717) is 5.69 Å². The van der Waals surface area contributed by atoms with Crippen molar-refractivity contribution in [1.29, 1.82) is 0 Å². The number of aliphatic carboxylic acids is 1. The summed E-state index contributed by atoms with van der Waals surface area (Å²) in [5.41, 5.74) is 2.12. The van der Waals surface area contributed by atoms with Crippen molar-refractivity contribution >= 4 is 5.97 Å². The van der Waals surface area contributed by atoms with E-state index >= 15 is 0 Å². The number of hydrogen-bond acceptors (Lipinski definition) is 3. The maximum atomic E-state index is 11.6. The first-order chi connectivity index (χ1) is 8.99. The third kappa shape index (κ3) is 2.70. The van der Waals surface area contributed by atoms with Crippen LogP contribution >= 0.6 is 0 Å². The lowest BCUT2D eigenvalue weighted by Crippen LogP contribution is -2.29. The summed E-state index contributed by atoms with van der Waals surface area (Å²) in [6, 6.07) is 9.59. The van der Waals surface area contributed by atoms with Crippen LogP contribution < -0.4 is 5.56 Å². The van der Waals surface area contributed by atoms with Gasteiger partial charge >= 0.3 is 5.97 Å². The maximum Gasteiger partial charge on any atom is 0.328 e. The Morgan fingerprint density at radius 2 is 1.84 bits per heavy atom. The number of aromatic nitrogens is 2. The average Bonchev–Trinajstić information content (AvgIpc) is 2.39. The summed E-state index contributed by atoms with van der Waals surface area (Å²) >= 11 is 0. The highest BCUT2D eigenvalue weighted by atomic mass is 16.4. The van der Waals surface area contributed by atoms with Crippen LogP contribution in [-0.2, 0) is 4.79 Å². The number of benzene rings is 1. The van der Waals surface area contributed by atoms with Crippen LogP contribution in [0.3, 0.4) is 0 Å². The Kier molecular flexibility index (Phi) is 3.46. The number of carboxylic acids is 1. The number of hydrogen-bond donors (Lipinski definition) is 1. The lowest BCUT2D eigenvalue weighted by Gasteiger charge is -2.10. The van der Waals surface area contributed by atoms with Gasteiger partial charge in [-0.3, -0.25) is 4.79 Å². The van der Waals surface area contributed by atoms with Gasteiger partial charge in [0.15, 0.2) is 6.04 Å². The Labute approximate surface area is 110 Å². The molecular formula is C14H14N2O3.